The average Bonchev–Trinajstić information content (AvgIpc) is 2.64. The number of nitrogens with one attached hydrogen (secondary N) is 1. The van der Waals surface area contributed by atoms with Crippen LogP contribution in [0.15, 0.2) is 48.8 Å². The first-order chi connectivity index (χ1) is 12.4. The average molecular weight is 353 g/mol. The van der Waals surface area contributed by atoms with E-state index in [9.17, 15) is 9.59 Å². The number of benzene rings is 1. The van der Waals surface area contributed by atoms with Crippen molar-refractivity contribution in [3.05, 3.63) is 65.5 Å². The molecule has 0 radical (unpaired) electrons. The highest BCUT2D eigenvalue weighted by atomic mass is 16.2. The molecule has 0 bridgehead atoms. The second kappa shape index (κ2) is 9.13. The van der Waals surface area contributed by atoms with Crippen molar-refractivity contribution < 1.29 is 9.59 Å². The number of rotatable bonds is 7. The van der Waals surface area contributed by atoms with E-state index in [1.54, 1.807) is 11.0 Å². The predicted molar refractivity (Wildman–Crippen MR) is 103 cm³/mol. The number of carbonyl (C=O) groups excluding carboxylic acids is 2. The monoisotopic (exact) mass is 353 g/mol. The lowest BCUT2D eigenvalue weighted by Crippen LogP contribution is -2.36. The zero-order valence-corrected chi connectivity index (χ0v) is 15.9. The summed E-state index contributed by atoms with van der Waals surface area (Å²) in [6.45, 7) is 9.12. The van der Waals surface area contributed by atoms with Gasteiger partial charge in [0.2, 0.25) is 0 Å². The highest BCUT2D eigenvalue weighted by Gasteiger charge is 2.20. The van der Waals surface area contributed by atoms with Gasteiger partial charge in [-0.05, 0) is 31.4 Å². The van der Waals surface area contributed by atoms with Crippen LogP contribution in [-0.4, -0.2) is 34.3 Å². The van der Waals surface area contributed by atoms with E-state index in [4.69, 9.17) is 0 Å². The number of hydrogen-bond donors (Lipinski definition) is 1. The number of carbonyl (C=O) groups is 2. The van der Waals surface area contributed by atoms with Gasteiger partial charge in [-0.15, -0.1) is 0 Å². The van der Waals surface area contributed by atoms with Crippen molar-refractivity contribution in [3.8, 4) is 0 Å². The van der Waals surface area contributed by atoms with E-state index in [1.807, 2.05) is 58.0 Å². The quantitative estimate of drug-likeness (QED) is 0.828. The fourth-order valence-corrected chi connectivity index (χ4v) is 2.51. The van der Waals surface area contributed by atoms with E-state index < -0.39 is 0 Å². The van der Waals surface area contributed by atoms with E-state index in [0.29, 0.717) is 30.1 Å². The van der Waals surface area contributed by atoms with Crippen LogP contribution in [0, 0.1) is 5.92 Å². The van der Waals surface area contributed by atoms with Gasteiger partial charge in [-0.1, -0.05) is 44.2 Å². The molecule has 1 heterocycles. The van der Waals surface area contributed by atoms with Crippen molar-refractivity contribution in [3.63, 3.8) is 0 Å². The van der Waals surface area contributed by atoms with Gasteiger partial charge in [-0.2, -0.15) is 0 Å². The summed E-state index contributed by atoms with van der Waals surface area (Å²) in [6, 6.07) is 11.5. The molecule has 0 saturated carbocycles. The topological polar surface area (TPSA) is 62.3 Å². The highest BCUT2D eigenvalue weighted by molar-refractivity contribution is 5.99. The fourth-order valence-electron chi connectivity index (χ4n) is 2.51. The van der Waals surface area contributed by atoms with Crippen LogP contribution in [0.3, 0.4) is 0 Å². The van der Waals surface area contributed by atoms with Crippen molar-refractivity contribution in [1.82, 2.24) is 15.2 Å². The number of hydrogen-bond acceptors (Lipinski definition) is 3. The largest absolute Gasteiger partial charge is 0.352 e. The lowest BCUT2D eigenvalue weighted by atomic mass is 10.1. The van der Waals surface area contributed by atoms with E-state index in [0.717, 1.165) is 5.56 Å². The Balaban J connectivity index is 2.18. The summed E-state index contributed by atoms with van der Waals surface area (Å²) in [6.07, 6.45) is 3.01. The van der Waals surface area contributed by atoms with Crippen molar-refractivity contribution in [2.75, 3.05) is 6.54 Å². The molecule has 1 aromatic heterocycles. The summed E-state index contributed by atoms with van der Waals surface area (Å²) in [5, 5.41) is 2.85. The van der Waals surface area contributed by atoms with E-state index in [2.05, 4.69) is 10.3 Å². The van der Waals surface area contributed by atoms with E-state index in [-0.39, 0.29) is 17.9 Å². The Kier molecular flexibility index (Phi) is 6.89. The second-order valence-corrected chi connectivity index (χ2v) is 7.08. The molecule has 2 aromatic rings. The summed E-state index contributed by atoms with van der Waals surface area (Å²) in [5.41, 5.74) is 1.89. The van der Waals surface area contributed by atoms with Gasteiger partial charge < -0.3 is 10.2 Å². The van der Waals surface area contributed by atoms with Crippen molar-refractivity contribution in [1.29, 1.82) is 0 Å². The minimum Gasteiger partial charge on any atom is -0.352 e. The van der Waals surface area contributed by atoms with Gasteiger partial charge in [0.25, 0.3) is 11.8 Å². The molecule has 5 heteroatoms. The Morgan fingerprint density at radius 2 is 1.69 bits per heavy atom. The summed E-state index contributed by atoms with van der Waals surface area (Å²) in [4.78, 5) is 31.1. The summed E-state index contributed by atoms with van der Waals surface area (Å²) < 4.78 is 0. The van der Waals surface area contributed by atoms with Gasteiger partial charge >= 0.3 is 0 Å². The van der Waals surface area contributed by atoms with Gasteiger partial charge in [0, 0.05) is 31.5 Å². The van der Waals surface area contributed by atoms with Crippen molar-refractivity contribution >= 4 is 11.8 Å². The van der Waals surface area contributed by atoms with Crippen molar-refractivity contribution in [2.24, 2.45) is 5.92 Å². The molecule has 2 rings (SSSR count). The maximum Gasteiger partial charge on any atom is 0.255 e. The molecule has 0 saturated heterocycles. The summed E-state index contributed by atoms with van der Waals surface area (Å²) >= 11 is 0. The smallest absolute Gasteiger partial charge is 0.255 e. The molecule has 5 nitrogen and oxygen atoms in total. The predicted octanol–water partition coefficient (Wildman–Crippen LogP) is 3.52. The zero-order chi connectivity index (χ0) is 19.1. The molecular weight excluding hydrogens is 326 g/mol. The fraction of sp³-hybridized carbons (Fsp3) is 0.381. The molecule has 0 atom stereocenters. The maximum atomic E-state index is 13.0. The van der Waals surface area contributed by atoms with Gasteiger partial charge in [0.15, 0.2) is 0 Å². The Bertz CT molecular complexity index is 742. The van der Waals surface area contributed by atoms with Crippen LogP contribution in [0.5, 0.6) is 0 Å². The van der Waals surface area contributed by atoms with Gasteiger partial charge in [0.05, 0.1) is 11.1 Å². The minimum atomic E-state index is -0.208. The molecule has 1 N–H and O–H groups in total. The third-order valence-electron chi connectivity index (χ3n) is 4.00. The lowest BCUT2D eigenvalue weighted by Gasteiger charge is -2.27. The first-order valence-corrected chi connectivity index (χ1v) is 8.96. The molecular formula is C21H27N3O2. The molecule has 0 fully saturated rings. The molecule has 138 valence electrons. The van der Waals surface area contributed by atoms with E-state index >= 15 is 0 Å². The standard InChI is InChI=1S/C21H27N3O2/c1-15(2)11-23-20(25)18-10-19(13-22-12-18)21(26)24(16(3)4)14-17-8-6-5-7-9-17/h5-10,12-13,15-16H,11,14H2,1-4H3,(H,23,25). The van der Waals surface area contributed by atoms with Crippen LogP contribution in [0.1, 0.15) is 54.0 Å². The molecule has 0 spiro atoms. The number of nitrogens with zero attached hydrogens (tertiary/aromatic N) is 2. The van der Waals surface area contributed by atoms with Crippen LogP contribution in [0.25, 0.3) is 0 Å². The first kappa shape index (κ1) is 19.6. The Morgan fingerprint density at radius 1 is 1.04 bits per heavy atom. The zero-order valence-electron chi connectivity index (χ0n) is 15.9. The van der Waals surface area contributed by atoms with Crippen LogP contribution in [0.2, 0.25) is 0 Å². The van der Waals surface area contributed by atoms with E-state index in [1.165, 1.54) is 12.4 Å². The molecule has 0 aliphatic rings. The lowest BCUT2D eigenvalue weighted by molar-refractivity contribution is 0.0690. The molecule has 2 amide bonds. The minimum absolute atomic E-state index is 0.0288. The molecule has 26 heavy (non-hydrogen) atoms. The van der Waals surface area contributed by atoms with Gasteiger partial charge in [-0.25, -0.2) is 0 Å². The Morgan fingerprint density at radius 3 is 2.31 bits per heavy atom. The summed E-state index contributed by atoms with van der Waals surface area (Å²) in [5.74, 6) is 0.0221. The maximum absolute atomic E-state index is 13.0. The third kappa shape index (κ3) is 5.41. The van der Waals surface area contributed by atoms with Crippen LogP contribution >= 0.6 is 0 Å². The Labute approximate surface area is 155 Å². The summed E-state index contributed by atoms with van der Waals surface area (Å²) in [7, 11) is 0. The van der Waals surface area contributed by atoms with Crippen LogP contribution in [0.4, 0.5) is 0 Å². The number of amides is 2. The molecule has 0 unspecified atom stereocenters. The second-order valence-electron chi connectivity index (χ2n) is 7.08. The third-order valence-corrected chi connectivity index (χ3v) is 4.00. The number of aromatic nitrogens is 1. The Hall–Kier alpha value is -2.69. The van der Waals surface area contributed by atoms with Gasteiger partial charge in [-0.3, -0.25) is 14.6 Å². The highest BCUT2D eigenvalue weighted by Crippen LogP contribution is 2.14. The van der Waals surface area contributed by atoms with Crippen molar-refractivity contribution in [2.45, 2.75) is 40.3 Å². The molecule has 0 aliphatic carbocycles. The van der Waals surface area contributed by atoms with Crippen LogP contribution < -0.4 is 5.32 Å². The molecule has 1 aromatic carbocycles. The SMILES string of the molecule is CC(C)CNC(=O)c1cncc(C(=O)N(Cc2ccccc2)C(C)C)c1. The molecule has 0 aliphatic heterocycles. The van der Waals surface area contributed by atoms with Gasteiger partial charge in [0.1, 0.15) is 0 Å². The number of pyridine rings is 1. The first-order valence-electron chi connectivity index (χ1n) is 8.96. The normalized spacial score (nSPS) is 10.8. The van der Waals surface area contributed by atoms with Crippen LogP contribution in [-0.2, 0) is 6.54 Å².